The molecule has 2 aliphatic rings. The van der Waals surface area contributed by atoms with Crippen LogP contribution in [0.3, 0.4) is 0 Å². The molecule has 2 fully saturated rings. The molecular formula is C12H15NO. The first-order valence-electron chi connectivity index (χ1n) is 5.23. The molecule has 1 N–H and O–H groups in total. The lowest BCUT2D eigenvalue weighted by Gasteiger charge is -2.27. The molecule has 2 atom stereocenters. The van der Waals surface area contributed by atoms with E-state index in [-0.39, 0.29) is 5.60 Å². The third kappa shape index (κ3) is 1.11. The SMILES string of the molecule is Cc1ccc(C23CNC(CO2)C3)cc1. The maximum Gasteiger partial charge on any atom is 0.107 e. The zero-order valence-electron chi connectivity index (χ0n) is 8.42. The van der Waals surface area contributed by atoms with Crippen molar-refractivity contribution in [2.75, 3.05) is 13.2 Å². The first-order valence-corrected chi connectivity index (χ1v) is 5.23. The van der Waals surface area contributed by atoms with Crippen LogP contribution < -0.4 is 5.32 Å². The van der Waals surface area contributed by atoms with Gasteiger partial charge in [0.2, 0.25) is 0 Å². The maximum absolute atomic E-state index is 5.90. The van der Waals surface area contributed by atoms with Crippen LogP contribution in [0.1, 0.15) is 17.5 Å². The molecular weight excluding hydrogens is 174 g/mol. The van der Waals surface area contributed by atoms with E-state index in [0.29, 0.717) is 6.04 Å². The van der Waals surface area contributed by atoms with E-state index in [4.69, 9.17) is 4.74 Å². The minimum atomic E-state index is -0.0155. The summed E-state index contributed by atoms with van der Waals surface area (Å²) in [6.45, 7) is 3.96. The van der Waals surface area contributed by atoms with E-state index in [1.165, 1.54) is 11.1 Å². The van der Waals surface area contributed by atoms with Crippen molar-refractivity contribution in [2.24, 2.45) is 0 Å². The fourth-order valence-electron chi connectivity index (χ4n) is 2.50. The normalized spacial score (nSPS) is 35.1. The Labute approximate surface area is 84.3 Å². The highest BCUT2D eigenvalue weighted by molar-refractivity contribution is 5.30. The summed E-state index contributed by atoms with van der Waals surface area (Å²) in [5, 5.41) is 3.48. The molecule has 2 heteroatoms. The summed E-state index contributed by atoms with van der Waals surface area (Å²) in [4.78, 5) is 0. The van der Waals surface area contributed by atoms with Crippen molar-refractivity contribution in [3.05, 3.63) is 35.4 Å². The van der Waals surface area contributed by atoms with Gasteiger partial charge in [0.15, 0.2) is 0 Å². The third-order valence-electron chi connectivity index (χ3n) is 3.39. The Hall–Kier alpha value is -0.860. The second-order valence-corrected chi connectivity index (χ2v) is 4.45. The Balaban J connectivity index is 1.98. The summed E-state index contributed by atoms with van der Waals surface area (Å²) in [5.74, 6) is 0. The highest BCUT2D eigenvalue weighted by atomic mass is 16.5. The number of rotatable bonds is 1. The number of benzene rings is 1. The van der Waals surface area contributed by atoms with Crippen LogP contribution in [-0.4, -0.2) is 19.2 Å². The number of ether oxygens (including phenoxy) is 1. The zero-order chi connectivity index (χ0) is 9.60. The average Bonchev–Trinajstić information content (AvgIpc) is 2.79. The van der Waals surface area contributed by atoms with Crippen LogP contribution in [0.15, 0.2) is 24.3 Å². The van der Waals surface area contributed by atoms with E-state index < -0.39 is 0 Å². The number of hydrogen-bond acceptors (Lipinski definition) is 2. The van der Waals surface area contributed by atoms with Crippen LogP contribution in [0.5, 0.6) is 0 Å². The summed E-state index contributed by atoms with van der Waals surface area (Å²) < 4.78 is 5.90. The number of aryl methyl sites for hydroxylation is 1. The van der Waals surface area contributed by atoms with Gasteiger partial charge >= 0.3 is 0 Å². The van der Waals surface area contributed by atoms with Crippen LogP contribution in [0, 0.1) is 6.92 Å². The standard InChI is InChI=1S/C12H15NO/c1-9-2-4-10(5-3-9)12-6-11(7-14-12)13-8-12/h2-5,11,13H,6-8H2,1H3. The maximum atomic E-state index is 5.90. The van der Waals surface area contributed by atoms with Crippen molar-refractivity contribution in [1.82, 2.24) is 5.32 Å². The molecule has 3 rings (SSSR count). The van der Waals surface area contributed by atoms with Crippen molar-refractivity contribution in [1.29, 1.82) is 0 Å². The smallest absolute Gasteiger partial charge is 0.107 e. The first-order chi connectivity index (χ1) is 6.78. The van der Waals surface area contributed by atoms with Crippen LogP contribution in [-0.2, 0) is 10.3 Å². The highest BCUT2D eigenvalue weighted by Crippen LogP contribution is 2.40. The Kier molecular flexibility index (Phi) is 1.70. The monoisotopic (exact) mass is 189 g/mol. The molecule has 2 saturated heterocycles. The summed E-state index contributed by atoms with van der Waals surface area (Å²) in [5.41, 5.74) is 2.62. The minimum absolute atomic E-state index is 0.0155. The van der Waals surface area contributed by atoms with Gasteiger partial charge in [0.25, 0.3) is 0 Å². The van der Waals surface area contributed by atoms with Gasteiger partial charge in [-0.1, -0.05) is 29.8 Å². The van der Waals surface area contributed by atoms with E-state index in [0.717, 1.165) is 19.6 Å². The fraction of sp³-hybridized carbons (Fsp3) is 0.500. The fourth-order valence-corrected chi connectivity index (χ4v) is 2.50. The molecule has 0 spiro atoms. The van der Waals surface area contributed by atoms with Gasteiger partial charge in [0.1, 0.15) is 5.60 Å². The van der Waals surface area contributed by atoms with Gasteiger partial charge in [0.05, 0.1) is 6.61 Å². The quantitative estimate of drug-likeness (QED) is 0.724. The van der Waals surface area contributed by atoms with Crippen LogP contribution in [0.4, 0.5) is 0 Å². The number of nitrogens with one attached hydrogen (secondary N) is 1. The lowest BCUT2D eigenvalue weighted by molar-refractivity contribution is -0.00958. The molecule has 74 valence electrons. The first kappa shape index (κ1) is 8.45. The molecule has 0 aromatic heterocycles. The Morgan fingerprint density at radius 2 is 2.14 bits per heavy atom. The van der Waals surface area contributed by atoms with E-state index in [2.05, 4.69) is 36.5 Å². The van der Waals surface area contributed by atoms with Crippen molar-refractivity contribution in [2.45, 2.75) is 25.0 Å². The van der Waals surface area contributed by atoms with Crippen molar-refractivity contribution < 1.29 is 4.74 Å². The second kappa shape index (κ2) is 2.81. The molecule has 2 bridgehead atoms. The second-order valence-electron chi connectivity index (χ2n) is 4.45. The molecule has 1 aromatic rings. The Morgan fingerprint density at radius 1 is 1.36 bits per heavy atom. The average molecular weight is 189 g/mol. The Bertz CT molecular complexity index is 336. The highest BCUT2D eigenvalue weighted by Gasteiger charge is 2.47. The van der Waals surface area contributed by atoms with E-state index in [9.17, 15) is 0 Å². The Morgan fingerprint density at radius 3 is 2.64 bits per heavy atom. The topological polar surface area (TPSA) is 21.3 Å². The lowest BCUT2D eigenvalue weighted by Crippen LogP contribution is -2.37. The van der Waals surface area contributed by atoms with E-state index in [1.807, 2.05) is 0 Å². The third-order valence-corrected chi connectivity index (χ3v) is 3.39. The van der Waals surface area contributed by atoms with Gasteiger partial charge in [-0.25, -0.2) is 0 Å². The number of morpholine rings is 1. The predicted molar refractivity (Wildman–Crippen MR) is 55.2 cm³/mol. The molecule has 2 nitrogen and oxygen atoms in total. The number of hydrogen-bond donors (Lipinski definition) is 1. The van der Waals surface area contributed by atoms with Crippen molar-refractivity contribution in [3.63, 3.8) is 0 Å². The van der Waals surface area contributed by atoms with Crippen LogP contribution >= 0.6 is 0 Å². The summed E-state index contributed by atoms with van der Waals surface area (Å²) in [7, 11) is 0. The van der Waals surface area contributed by atoms with Crippen LogP contribution in [0.25, 0.3) is 0 Å². The van der Waals surface area contributed by atoms with Gasteiger partial charge < -0.3 is 10.1 Å². The van der Waals surface area contributed by atoms with Gasteiger partial charge in [-0.2, -0.15) is 0 Å². The van der Waals surface area contributed by atoms with Crippen molar-refractivity contribution in [3.8, 4) is 0 Å². The largest absolute Gasteiger partial charge is 0.367 e. The summed E-state index contributed by atoms with van der Waals surface area (Å²) in [6, 6.07) is 9.31. The summed E-state index contributed by atoms with van der Waals surface area (Å²) >= 11 is 0. The molecule has 2 heterocycles. The molecule has 0 aliphatic carbocycles. The summed E-state index contributed by atoms with van der Waals surface area (Å²) in [6.07, 6.45) is 1.13. The molecule has 0 radical (unpaired) electrons. The molecule has 0 amide bonds. The van der Waals surface area contributed by atoms with Gasteiger partial charge in [-0.3, -0.25) is 0 Å². The zero-order valence-corrected chi connectivity index (χ0v) is 8.42. The molecule has 1 aromatic carbocycles. The molecule has 14 heavy (non-hydrogen) atoms. The number of fused-ring (bicyclic) bond motifs is 2. The van der Waals surface area contributed by atoms with Gasteiger partial charge in [0, 0.05) is 12.6 Å². The minimum Gasteiger partial charge on any atom is -0.367 e. The van der Waals surface area contributed by atoms with Gasteiger partial charge in [-0.15, -0.1) is 0 Å². The van der Waals surface area contributed by atoms with E-state index >= 15 is 0 Å². The van der Waals surface area contributed by atoms with Gasteiger partial charge in [-0.05, 0) is 18.9 Å². The lowest BCUT2D eigenvalue weighted by atomic mass is 9.92. The molecule has 2 unspecified atom stereocenters. The van der Waals surface area contributed by atoms with Crippen molar-refractivity contribution >= 4 is 0 Å². The molecule has 0 saturated carbocycles. The van der Waals surface area contributed by atoms with Crippen LogP contribution in [0.2, 0.25) is 0 Å². The van der Waals surface area contributed by atoms with E-state index in [1.54, 1.807) is 0 Å². The molecule has 2 aliphatic heterocycles. The predicted octanol–water partition coefficient (Wildman–Crippen LogP) is 1.58.